The Balaban J connectivity index is 1.20. The molecule has 0 bridgehead atoms. The van der Waals surface area contributed by atoms with Crippen LogP contribution in [-0.2, 0) is 11.4 Å². The summed E-state index contributed by atoms with van der Waals surface area (Å²) in [7, 11) is 0. The molecule has 0 unspecified atom stereocenters. The topological polar surface area (TPSA) is 55.8 Å². The number of ether oxygens (including phenoxy) is 2. The first-order valence-electron chi connectivity index (χ1n) is 11.5. The lowest BCUT2D eigenvalue weighted by molar-refractivity contribution is -0.123. The molecule has 0 saturated carbocycles. The average Bonchev–Trinajstić information content (AvgIpc) is 3.16. The molecule has 186 valence electrons. The molecule has 0 aliphatic carbocycles. The zero-order valence-electron chi connectivity index (χ0n) is 19.5. The van der Waals surface area contributed by atoms with Crippen LogP contribution in [0, 0.1) is 0 Å². The smallest absolute Gasteiger partial charge is 0.293 e. The van der Waals surface area contributed by atoms with Gasteiger partial charge in [0, 0.05) is 10.4 Å². The predicted octanol–water partition coefficient (Wildman–Crippen LogP) is 7.95. The fraction of sp³-hybridized carbons (Fsp3) is 0.103. The van der Waals surface area contributed by atoms with Crippen LogP contribution < -0.4 is 9.47 Å². The van der Waals surface area contributed by atoms with Crippen molar-refractivity contribution in [1.82, 2.24) is 4.90 Å². The van der Waals surface area contributed by atoms with Gasteiger partial charge in [0.25, 0.3) is 11.1 Å². The third kappa shape index (κ3) is 6.01. The van der Waals surface area contributed by atoms with Gasteiger partial charge in [0.15, 0.2) is 0 Å². The quantitative estimate of drug-likeness (QED) is 0.194. The van der Waals surface area contributed by atoms with Crippen molar-refractivity contribution in [3.63, 3.8) is 0 Å². The SMILES string of the molecule is O=C1S/C(=C\c2ccc(OCc3ccc(Cl)cc3)c(Br)c2)C(=O)N1CCOc1cccc2ccccc12. The van der Waals surface area contributed by atoms with Gasteiger partial charge in [-0.3, -0.25) is 14.5 Å². The normalized spacial score (nSPS) is 14.5. The number of halogens is 2. The first-order chi connectivity index (χ1) is 18.0. The van der Waals surface area contributed by atoms with E-state index in [0.717, 1.165) is 43.9 Å². The fourth-order valence-electron chi connectivity index (χ4n) is 3.88. The molecular formula is C29H21BrClNO4S. The number of benzene rings is 4. The molecule has 4 aromatic carbocycles. The first-order valence-corrected chi connectivity index (χ1v) is 13.5. The lowest BCUT2D eigenvalue weighted by Crippen LogP contribution is -2.32. The lowest BCUT2D eigenvalue weighted by Gasteiger charge is -2.14. The Morgan fingerprint density at radius 3 is 2.49 bits per heavy atom. The van der Waals surface area contributed by atoms with E-state index in [9.17, 15) is 9.59 Å². The number of fused-ring (bicyclic) bond motifs is 1. The van der Waals surface area contributed by atoms with Gasteiger partial charge in [-0.25, -0.2) is 0 Å². The molecule has 5 rings (SSSR count). The summed E-state index contributed by atoms with van der Waals surface area (Å²) < 4.78 is 12.6. The van der Waals surface area contributed by atoms with E-state index in [1.54, 1.807) is 6.08 Å². The Morgan fingerprint density at radius 2 is 1.68 bits per heavy atom. The maximum absolute atomic E-state index is 12.9. The van der Waals surface area contributed by atoms with E-state index < -0.39 is 0 Å². The van der Waals surface area contributed by atoms with Gasteiger partial charge in [-0.2, -0.15) is 0 Å². The van der Waals surface area contributed by atoms with Crippen molar-refractivity contribution in [3.05, 3.63) is 110 Å². The zero-order valence-corrected chi connectivity index (χ0v) is 22.7. The Hall–Kier alpha value is -3.26. The summed E-state index contributed by atoms with van der Waals surface area (Å²) in [5, 5.41) is 2.43. The number of rotatable bonds is 8. The molecule has 37 heavy (non-hydrogen) atoms. The van der Waals surface area contributed by atoms with Gasteiger partial charge in [-0.05, 0) is 80.6 Å². The van der Waals surface area contributed by atoms with Crippen molar-refractivity contribution in [1.29, 1.82) is 0 Å². The maximum atomic E-state index is 12.9. The van der Waals surface area contributed by atoms with Crippen LogP contribution in [0.1, 0.15) is 11.1 Å². The van der Waals surface area contributed by atoms with Crippen molar-refractivity contribution in [2.45, 2.75) is 6.61 Å². The molecule has 8 heteroatoms. The van der Waals surface area contributed by atoms with Crippen molar-refractivity contribution in [2.24, 2.45) is 0 Å². The van der Waals surface area contributed by atoms with Crippen molar-refractivity contribution >= 4 is 67.3 Å². The molecule has 1 saturated heterocycles. The summed E-state index contributed by atoms with van der Waals surface area (Å²) >= 11 is 10.4. The van der Waals surface area contributed by atoms with Crippen LogP contribution in [0.25, 0.3) is 16.8 Å². The molecule has 0 atom stereocenters. The van der Waals surface area contributed by atoms with Gasteiger partial charge in [0.05, 0.1) is 15.9 Å². The Bertz CT molecular complexity index is 1500. The molecular weight excluding hydrogens is 574 g/mol. The van der Waals surface area contributed by atoms with E-state index in [-0.39, 0.29) is 24.3 Å². The van der Waals surface area contributed by atoms with Crippen LogP contribution in [0.3, 0.4) is 0 Å². The van der Waals surface area contributed by atoms with E-state index in [1.165, 1.54) is 4.90 Å². The van der Waals surface area contributed by atoms with E-state index in [1.807, 2.05) is 84.9 Å². The minimum atomic E-state index is -0.323. The van der Waals surface area contributed by atoms with Crippen molar-refractivity contribution < 1.29 is 19.1 Å². The maximum Gasteiger partial charge on any atom is 0.293 e. The largest absolute Gasteiger partial charge is 0.491 e. The summed E-state index contributed by atoms with van der Waals surface area (Å²) in [6.07, 6.45) is 1.71. The van der Waals surface area contributed by atoms with E-state index in [2.05, 4.69) is 15.9 Å². The second-order valence-electron chi connectivity index (χ2n) is 8.26. The number of carbonyl (C=O) groups excluding carboxylic acids is 2. The van der Waals surface area contributed by atoms with Crippen LogP contribution in [-0.4, -0.2) is 29.2 Å². The highest BCUT2D eigenvalue weighted by atomic mass is 79.9. The summed E-state index contributed by atoms with van der Waals surface area (Å²) in [5.74, 6) is 1.07. The standard InChI is InChI=1S/C29H21BrClNO4S/c30-24-16-20(10-13-26(24)36-18-19-8-11-22(31)12-9-19)17-27-28(33)32(29(34)37-27)14-15-35-25-7-3-5-21-4-1-2-6-23(21)25/h1-13,16-17H,14-15,18H2/b27-17-. The molecule has 4 aromatic rings. The molecule has 0 radical (unpaired) electrons. The van der Waals surface area contributed by atoms with Gasteiger partial charge >= 0.3 is 0 Å². The monoisotopic (exact) mass is 593 g/mol. The summed E-state index contributed by atoms with van der Waals surface area (Å²) in [6, 6.07) is 26.7. The van der Waals surface area contributed by atoms with Gasteiger partial charge in [0.2, 0.25) is 0 Å². The Labute approximate surface area is 232 Å². The van der Waals surface area contributed by atoms with E-state index in [0.29, 0.717) is 22.3 Å². The summed E-state index contributed by atoms with van der Waals surface area (Å²) in [6.45, 7) is 0.784. The zero-order chi connectivity index (χ0) is 25.8. The fourth-order valence-corrected chi connectivity index (χ4v) is 5.38. The van der Waals surface area contributed by atoms with Crippen LogP contribution in [0.4, 0.5) is 4.79 Å². The van der Waals surface area contributed by atoms with Gasteiger partial charge in [-0.1, -0.05) is 66.2 Å². The van der Waals surface area contributed by atoms with Crippen LogP contribution in [0.2, 0.25) is 5.02 Å². The highest BCUT2D eigenvalue weighted by molar-refractivity contribution is 9.10. The van der Waals surface area contributed by atoms with Gasteiger partial charge in [-0.15, -0.1) is 0 Å². The van der Waals surface area contributed by atoms with Crippen molar-refractivity contribution in [2.75, 3.05) is 13.2 Å². The average molecular weight is 595 g/mol. The van der Waals surface area contributed by atoms with E-state index in [4.69, 9.17) is 21.1 Å². The lowest BCUT2D eigenvalue weighted by atomic mass is 10.1. The summed E-state index contributed by atoms with van der Waals surface area (Å²) in [5.41, 5.74) is 1.78. The number of hydrogen-bond acceptors (Lipinski definition) is 5. The van der Waals surface area contributed by atoms with Gasteiger partial charge < -0.3 is 9.47 Å². The highest BCUT2D eigenvalue weighted by Gasteiger charge is 2.34. The third-order valence-electron chi connectivity index (χ3n) is 5.76. The summed E-state index contributed by atoms with van der Waals surface area (Å²) in [4.78, 5) is 27.1. The molecule has 1 fully saturated rings. The number of hydrogen-bond donors (Lipinski definition) is 0. The number of nitrogens with zero attached hydrogens (tertiary/aromatic N) is 1. The molecule has 0 aromatic heterocycles. The Morgan fingerprint density at radius 1 is 0.892 bits per heavy atom. The molecule has 1 aliphatic heterocycles. The molecule has 5 nitrogen and oxygen atoms in total. The molecule has 0 spiro atoms. The second-order valence-corrected chi connectivity index (χ2v) is 10.5. The van der Waals surface area contributed by atoms with Crippen molar-refractivity contribution in [3.8, 4) is 11.5 Å². The predicted molar refractivity (Wildman–Crippen MR) is 152 cm³/mol. The number of thioether (sulfide) groups is 1. The van der Waals surface area contributed by atoms with Gasteiger partial charge in [0.1, 0.15) is 24.7 Å². The van der Waals surface area contributed by atoms with Crippen LogP contribution >= 0.6 is 39.3 Å². The number of carbonyl (C=O) groups is 2. The molecule has 2 amide bonds. The first kappa shape index (κ1) is 25.4. The highest BCUT2D eigenvalue weighted by Crippen LogP contribution is 2.34. The van der Waals surface area contributed by atoms with Crippen LogP contribution in [0.15, 0.2) is 94.3 Å². The van der Waals surface area contributed by atoms with E-state index >= 15 is 0 Å². The van der Waals surface area contributed by atoms with Crippen LogP contribution in [0.5, 0.6) is 11.5 Å². The molecule has 1 heterocycles. The Kier molecular flexibility index (Phi) is 7.84. The molecule has 0 N–H and O–H groups in total. The number of amides is 2. The molecule has 1 aliphatic rings. The second kappa shape index (κ2) is 11.4. The minimum absolute atomic E-state index is 0.173. The minimum Gasteiger partial charge on any atom is -0.491 e. The number of imide groups is 1. The third-order valence-corrected chi connectivity index (χ3v) is 7.54.